The summed E-state index contributed by atoms with van der Waals surface area (Å²) >= 11 is 0. The first kappa shape index (κ1) is 7.09. The highest BCUT2D eigenvalue weighted by Crippen LogP contribution is 2.10. The van der Waals surface area contributed by atoms with Gasteiger partial charge >= 0.3 is 0 Å². The van der Waals surface area contributed by atoms with E-state index in [4.69, 9.17) is 11.5 Å². The predicted octanol–water partition coefficient (Wildman–Crippen LogP) is 1.04. The van der Waals surface area contributed by atoms with Crippen LogP contribution in [-0.2, 0) is 6.54 Å². The fourth-order valence-electron chi connectivity index (χ4n) is 0.911. The standard InChI is InChI=1S/C8H12N2/c1-6-2-3-8(10)4-7(6)5-9/h2-4H,5,9-10H2,1H3. The number of rotatable bonds is 1. The van der Waals surface area contributed by atoms with Crippen LogP contribution in [-0.4, -0.2) is 0 Å². The molecule has 0 saturated carbocycles. The molecule has 0 aliphatic carbocycles. The maximum absolute atomic E-state index is 5.55. The largest absolute Gasteiger partial charge is 0.399 e. The van der Waals surface area contributed by atoms with Crippen LogP contribution in [0.25, 0.3) is 0 Å². The van der Waals surface area contributed by atoms with Crippen molar-refractivity contribution in [3.63, 3.8) is 0 Å². The Morgan fingerprint density at radius 3 is 2.60 bits per heavy atom. The molecule has 4 N–H and O–H groups in total. The molecular formula is C8H12N2. The van der Waals surface area contributed by atoms with Crippen molar-refractivity contribution >= 4 is 5.69 Å². The third kappa shape index (κ3) is 1.28. The van der Waals surface area contributed by atoms with E-state index in [0.717, 1.165) is 11.3 Å². The van der Waals surface area contributed by atoms with Crippen molar-refractivity contribution < 1.29 is 0 Å². The average molecular weight is 136 g/mol. The Morgan fingerprint density at radius 2 is 2.10 bits per heavy atom. The van der Waals surface area contributed by atoms with Gasteiger partial charge in [0.1, 0.15) is 0 Å². The van der Waals surface area contributed by atoms with Gasteiger partial charge in [-0.15, -0.1) is 0 Å². The SMILES string of the molecule is Cc1ccc(N)cc1CN. The highest BCUT2D eigenvalue weighted by molar-refractivity contribution is 5.44. The molecular weight excluding hydrogens is 124 g/mol. The molecule has 0 bridgehead atoms. The molecule has 0 aliphatic heterocycles. The van der Waals surface area contributed by atoms with Gasteiger partial charge in [0.05, 0.1) is 0 Å². The zero-order valence-electron chi connectivity index (χ0n) is 6.09. The van der Waals surface area contributed by atoms with Crippen LogP contribution in [0.4, 0.5) is 5.69 Å². The summed E-state index contributed by atoms with van der Waals surface area (Å²) < 4.78 is 0. The number of anilines is 1. The monoisotopic (exact) mass is 136 g/mol. The molecule has 0 radical (unpaired) electrons. The minimum atomic E-state index is 0.566. The number of nitrogen functional groups attached to an aromatic ring is 1. The van der Waals surface area contributed by atoms with Gasteiger partial charge in [0.2, 0.25) is 0 Å². The fraction of sp³-hybridized carbons (Fsp3) is 0.250. The Hall–Kier alpha value is -1.02. The summed E-state index contributed by atoms with van der Waals surface area (Å²) in [6, 6.07) is 5.78. The number of hydrogen-bond acceptors (Lipinski definition) is 2. The van der Waals surface area contributed by atoms with E-state index in [1.54, 1.807) is 0 Å². The van der Waals surface area contributed by atoms with Gasteiger partial charge in [-0.3, -0.25) is 0 Å². The van der Waals surface area contributed by atoms with E-state index in [1.165, 1.54) is 5.56 Å². The van der Waals surface area contributed by atoms with Crippen molar-refractivity contribution in [3.05, 3.63) is 29.3 Å². The topological polar surface area (TPSA) is 52.0 Å². The van der Waals surface area contributed by atoms with Crippen LogP contribution in [0.5, 0.6) is 0 Å². The highest BCUT2D eigenvalue weighted by atomic mass is 14.6. The average Bonchev–Trinajstić information content (AvgIpc) is 1.94. The molecule has 0 aliphatic rings. The predicted molar refractivity (Wildman–Crippen MR) is 43.5 cm³/mol. The molecule has 0 spiro atoms. The molecule has 0 amide bonds. The minimum absolute atomic E-state index is 0.566. The van der Waals surface area contributed by atoms with Gasteiger partial charge in [0, 0.05) is 12.2 Å². The molecule has 2 heteroatoms. The molecule has 10 heavy (non-hydrogen) atoms. The van der Waals surface area contributed by atoms with Gasteiger partial charge in [-0.25, -0.2) is 0 Å². The summed E-state index contributed by atoms with van der Waals surface area (Å²) in [4.78, 5) is 0. The quantitative estimate of drug-likeness (QED) is 0.567. The molecule has 1 aromatic carbocycles. The van der Waals surface area contributed by atoms with Crippen molar-refractivity contribution in [2.45, 2.75) is 13.5 Å². The Bertz CT molecular complexity index is 231. The first-order valence-corrected chi connectivity index (χ1v) is 3.29. The van der Waals surface area contributed by atoms with Gasteiger partial charge in [-0.05, 0) is 30.2 Å². The smallest absolute Gasteiger partial charge is 0.0317 e. The summed E-state index contributed by atoms with van der Waals surface area (Å²) in [5.74, 6) is 0. The summed E-state index contributed by atoms with van der Waals surface area (Å²) in [7, 11) is 0. The molecule has 0 saturated heterocycles. The third-order valence-corrected chi connectivity index (χ3v) is 1.59. The molecule has 54 valence electrons. The lowest BCUT2D eigenvalue weighted by Crippen LogP contribution is -1.99. The second-order valence-corrected chi connectivity index (χ2v) is 2.39. The van der Waals surface area contributed by atoms with Crippen LogP contribution in [0.1, 0.15) is 11.1 Å². The molecule has 1 rings (SSSR count). The number of nitrogens with two attached hydrogens (primary N) is 2. The van der Waals surface area contributed by atoms with Crippen LogP contribution >= 0.6 is 0 Å². The maximum Gasteiger partial charge on any atom is 0.0317 e. The van der Waals surface area contributed by atoms with E-state index in [1.807, 2.05) is 25.1 Å². The first-order valence-electron chi connectivity index (χ1n) is 3.29. The maximum atomic E-state index is 5.55. The Morgan fingerprint density at radius 1 is 1.40 bits per heavy atom. The van der Waals surface area contributed by atoms with Crippen molar-refractivity contribution in [1.82, 2.24) is 0 Å². The van der Waals surface area contributed by atoms with Crippen molar-refractivity contribution in [2.75, 3.05) is 5.73 Å². The summed E-state index contributed by atoms with van der Waals surface area (Å²) in [6.45, 7) is 2.60. The summed E-state index contributed by atoms with van der Waals surface area (Å²) in [5, 5.41) is 0. The number of aryl methyl sites for hydroxylation is 1. The van der Waals surface area contributed by atoms with Gasteiger partial charge in [-0.1, -0.05) is 6.07 Å². The van der Waals surface area contributed by atoms with Gasteiger partial charge in [0.25, 0.3) is 0 Å². The Labute approximate surface area is 60.8 Å². The Balaban J connectivity index is 3.09. The van der Waals surface area contributed by atoms with Gasteiger partial charge in [0.15, 0.2) is 0 Å². The third-order valence-electron chi connectivity index (χ3n) is 1.59. The summed E-state index contributed by atoms with van der Waals surface area (Å²) in [5.41, 5.74) is 14.1. The van der Waals surface area contributed by atoms with E-state index in [-0.39, 0.29) is 0 Å². The van der Waals surface area contributed by atoms with Crippen molar-refractivity contribution in [2.24, 2.45) is 5.73 Å². The summed E-state index contributed by atoms with van der Waals surface area (Å²) in [6.07, 6.45) is 0. The van der Waals surface area contributed by atoms with Gasteiger partial charge < -0.3 is 11.5 Å². The van der Waals surface area contributed by atoms with Crippen molar-refractivity contribution in [3.8, 4) is 0 Å². The molecule has 1 aromatic rings. The second kappa shape index (κ2) is 2.71. The van der Waals surface area contributed by atoms with Crippen LogP contribution in [0.3, 0.4) is 0 Å². The Kier molecular flexibility index (Phi) is 1.92. The van der Waals surface area contributed by atoms with E-state index in [9.17, 15) is 0 Å². The second-order valence-electron chi connectivity index (χ2n) is 2.39. The lowest BCUT2D eigenvalue weighted by Gasteiger charge is -2.02. The highest BCUT2D eigenvalue weighted by Gasteiger charge is 1.94. The van der Waals surface area contributed by atoms with Crippen LogP contribution in [0.15, 0.2) is 18.2 Å². The number of benzene rings is 1. The zero-order chi connectivity index (χ0) is 7.56. The molecule has 0 unspecified atom stereocenters. The van der Waals surface area contributed by atoms with E-state index < -0.39 is 0 Å². The van der Waals surface area contributed by atoms with E-state index >= 15 is 0 Å². The molecule has 2 nitrogen and oxygen atoms in total. The van der Waals surface area contributed by atoms with Crippen LogP contribution < -0.4 is 11.5 Å². The fourth-order valence-corrected chi connectivity index (χ4v) is 0.911. The van der Waals surface area contributed by atoms with Crippen LogP contribution in [0.2, 0.25) is 0 Å². The first-order chi connectivity index (χ1) is 4.74. The lowest BCUT2D eigenvalue weighted by molar-refractivity contribution is 1.05. The molecule has 0 heterocycles. The van der Waals surface area contributed by atoms with Crippen LogP contribution in [0, 0.1) is 6.92 Å². The lowest BCUT2D eigenvalue weighted by atomic mass is 10.1. The van der Waals surface area contributed by atoms with Crippen molar-refractivity contribution in [1.29, 1.82) is 0 Å². The normalized spacial score (nSPS) is 9.80. The van der Waals surface area contributed by atoms with E-state index in [0.29, 0.717) is 6.54 Å². The molecule has 0 atom stereocenters. The minimum Gasteiger partial charge on any atom is -0.399 e. The van der Waals surface area contributed by atoms with E-state index in [2.05, 4.69) is 0 Å². The zero-order valence-corrected chi connectivity index (χ0v) is 6.09. The molecule has 0 aromatic heterocycles. The molecule has 0 fully saturated rings. The van der Waals surface area contributed by atoms with Gasteiger partial charge in [-0.2, -0.15) is 0 Å². The number of hydrogen-bond donors (Lipinski definition) is 2.